The molecule has 2 aromatic carbocycles. The Morgan fingerprint density at radius 1 is 0.842 bits per heavy atom. The van der Waals surface area contributed by atoms with Gasteiger partial charge in [-0.15, -0.1) is 0 Å². The second-order valence-corrected chi connectivity index (χ2v) is 4.08. The van der Waals surface area contributed by atoms with Gasteiger partial charge in [-0.25, -0.2) is 17.6 Å². The van der Waals surface area contributed by atoms with Crippen LogP contribution in [0.3, 0.4) is 0 Å². The van der Waals surface area contributed by atoms with Gasteiger partial charge in [0.2, 0.25) is 0 Å². The number of halogens is 4. The first-order valence-corrected chi connectivity index (χ1v) is 5.61. The molecule has 0 saturated heterocycles. The van der Waals surface area contributed by atoms with Crippen molar-refractivity contribution < 1.29 is 17.6 Å². The maximum absolute atomic E-state index is 13.6. The molecule has 0 saturated carbocycles. The molecule has 0 aliphatic rings. The Hall–Kier alpha value is -1.88. The molecule has 0 aromatic heterocycles. The molecule has 100 valence electrons. The smallest absolute Gasteiger partial charge is 0.161 e. The second-order valence-electron chi connectivity index (χ2n) is 4.08. The SMILES string of the molecule is CNCc1cc(-c2cc(F)c(F)cc2F)ccc1F. The van der Waals surface area contributed by atoms with Gasteiger partial charge in [0.05, 0.1) is 0 Å². The zero-order valence-electron chi connectivity index (χ0n) is 10.1. The summed E-state index contributed by atoms with van der Waals surface area (Å²) < 4.78 is 53.1. The van der Waals surface area contributed by atoms with Crippen molar-refractivity contribution >= 4 is 0 Å². The van der Waals surface area contributed by atoms with Crippen molar-refractivity contribution in [1.29, 1.82) is 0 Å². The maximum atomic E-state index is 13.6. The molecule has 0 unspecified atom stereocenters. The van der Waals surface area contributed by atoms with E-state index in [9.17, 15) is 17.6 Å². The predicted octanol–water partition coefficient (Wildman–Crippen LogP) is 3.63. The second kappa shape index (κ2) is 5.40. The summed E-state index contributed by atoms with van der Waals surface area (Å²) in [6, 6.07) is 5.14. The fourth-order valence-electron chi connectivity index (χ4n) is 1.81. The van der Waals surface area contributed by atoms with Crippen LogP contribution in [0.25, 0.3) is 11.1 Å². The van der Waals surface area contributed by atoms with Gasteiger partial charge in [0.1, 0.15) is 11.6 Å². The lowest BCUT2D eigenvalue weighted by Gasteiger charge is -2.08. The summed E-state index contributed by atoms with van der Waals surface area (Å²) in [5.74, 6) is -3.73. The van der Waals surface area contributed by atoms with Crippen LogP contribution in [0.15, 0.2) is 30.3 Å². The third-order valence-electron chi connectivity index (χ3n) is 2.73. The van der Waals surface area contributed by atoms with E-state index >= 15 is 0 Å². The first-order chi connectivity index (χ1) is 9.02. The Kier molecular flexibility index (Phi) is 3.85. The van der Waals surface area contributed by atoms with Crippen molar-refractivity contribution in [3.05, 3.63) is 59.2 Å². The van der Waals surface area contributed by atoms with E-state index < -0.39 is 23.3 Å². The van der Waals surface area contributed by atoms with Gasteiger partial charge >= 0.3 is 0 Å². The van der Waals surface area contributed by atoms with Crippen molar-refractivity contribution in [2.24, 2.45) is 0 Å². The molecule has 0 fully saturated rings. The van der Waals surface area contributed by atoms with Crippen LogP contribution >= 0.6 is 0 Å². The van der Waals surface area contributed by atoms with E-state index in [0.717, 1.165) is 6.07 Å². The van der Waals surface area contributed by atoms with Gasteiger partial charge in [0.15, 0.2) is 11.6 Å². The van der Waals surface area contributed by atoms with Gasteiger partial charge < -0.3 is 5.32 Å². The normalized spacial score (nSPS) is 10.8. The van der Waals surface area contributed by atoms with E-state index in [1.54, 1.807) is 7.05 Å². The summed E-state index contributed by atoms with van der Waals surface area (Å²) in [6.07, 6.45) is 0. The van der Waals surface area contributed by atoms with E-state index in [1.807, 2.05) is 0 Å². The highest BCUT2D eigenvalue weighted by Crippen LogP contribution is 2.26. The van der Waals surface area contributed by atoms with Crippen LogP contribution in [0.4, 0.5) is 17.6 Å². The van der Waals surface area contributed by atoms with Gasteiger partial charge in [0.25, 0.3) is 0 Å². The van der Waals surface area contributed by atoms with Crippen LogP contribution < -0.4 is 5.32 Å². The first-order valence-electron chi connectivity index (χ1n) is 5.61. The topological polar surface area (TPSA) is 12.0 Å². The predicted molar refractivity (Wildman–Crippen MR) is 64.5 cm³/mol. The van der Waals surface area contributed by atoms with Gasteiger partial charge in [0, 0.05) is 23.7 Å². The van der Waals surface area contributed by atoms with Crippen LogP contribution in [-0.4, -0.2) is 7.05 Å². The van der Waals surface area contributed by atoms with E-state index in [1.165, 1.54) is 18.2 Å². The minimum absolute atomic E-state index is 0.101. The lowest BCUT2D eigenvalue weighted by molar-refractivity contribution is 0.496. The zero-order chi connectivity index (χ0) is 14.0. The van der Waals surface area contributed by atoms with Crippen LogP contribution in [0.2, 0.25) is 0 Å². The van der Waals surface area contributed by atoms with Gasteiger partial charge in [-0.2, -0.15) is 0 Å². The summed E-state index contributed by atoms with van der Waals surface area (Å²) in [4.78, 5) is 0. The number of hydrogen-bond acceptors (Lipinski definition) is 1. The number of benzene rings is 2. The van der Waals surface area contributed by atoms with Crippen molar-refractivity contribution in [2.75, 3.05) is 7.05 Å². The van der Waals surface area contributed by atoms with Crippen LogP contribution in [-0.2, 0) is 6.54 Å². The molecule has 0 aliphatic heterocycles. The molecule has 0 atom stereocenters. The Bertz CT molecular complexity index is 611. The first kappa shape index (κ1) is 13.5. The fourth-order valence-corrected chi connectivity index (χ4v) is 1.81. The lowest BCUT2D eigenvalue weighted by Crippen LogP contribution is -2.07. The molecule has 0 amide bonds. The molecule has 0 spiro atoms. The Labute approximate surface area is 107 Å². The van der Waals surface area contributed by atoms with Gasteiger partial charge in [-0.05, 0) is 30.8 Å². The van der Waals surface area contributed by atoms with Crippen LogP contribution in [0, 0.1) is 23.3 Å². The highest BCUT2D eigenvalue weighted by molar-refractivity contribution is 5.65. The third-order valence-corrected chi connectivity index (χ3v) is 2.73. The molecule has 0 heterocycles. The van der Waals surface area contributed by atoms with Crippen LogP contribution in [0.1, 0.15) is 5.56 Å². The van der Waals surface area contributed by atoms with Crippen LogP contribution in [0.5, 0.6) is 0 Å². The van der Waals surface area contributed by atoms with Crippen molar-refractivity contribution in [3.8, 4) is 11.1 Å². The molecule has 19 heavy (non-hydrogen) atoms. The summed E-state index contributed by atoms with van der Waals surface area (Å²) in [7, 11) is 1.64. The Morgan fingerprint density at radius 3 is 2.21 bits per heavy atom. The molecule has 1 nitrogen and oxygen atoms in total. The molecule has 0 bridgehead atoms. The monoisotopic (exact) mass is 269 g/mol. The molecule has 0 radical (unpaired) electrons. The van der Waals surface area contributed by atoms with Crippen molar-refractivity contribution in [1.82, 2.24) is 5.32 Å². The summed E-state index contributed by atoms with van der Waals surface area (Å²) in [5, 5.41) is 2.77. The van der Waals surface area contributed by atoms with Crippen molar-refractivity contribution in [2.45, 2.75) is 6.54 Å². The number of nitrogens with one attached hydrogen (secondary N) is 1. The Morgan fingerprint density at radius 2 is 1.53 bits per heavy atom. The van der Waals surface area contributed by atoms with E-state index in [0.29, 0.717) is 17.2 Å². The molecule has 0 aliphatic carbocycles. The summed E-state index contributed by atoms with van der Waals surface area (Å²) >= 11 is 0. The highest BCUT2D eigenvalue weighted by Gasteiger charge is 2.13. The number of hydrogen-bond donors (Lipinski definition) is 1. The minimum atomic E-state index is -1.25. The summed E-state index contributed by atoms with van der Waals surface area (Å²) in [5.41, 5.74) is 0.517. The van der Waals surface area contributed by atoms with Gasteiger partial charge in [-0.1, -0.05) is 6.07 Å². The molecule has 2 aromatic rings. The molecule has 2 rings (SSSR count). The quantitative estimate of drug-likeness (QED) is 0.662. The maximum Gasteiger partial charge on any atom is 0.161 e. The average molecular weight is 269 g/mol. The molecular formula is C14H11F4N. The van der Waals surface area contributed by atoms with E-state index in [4.69, 9.17) is 0 Å². The molecule has 1 N–H and O–H groups in total. The average Bonchev–Trinajstić information content (AvgIpc) is 2.37. The largest absolute Gasteiger partial charge is 0.316 e. The fraction of sp³-hybridized carbons (Fsp3) is 0.143. The zero-order valence-corrected chi connectivity index (χ0v) is 10.1. The molecule has 5 heteroatoms. The third kappa shape index (κ3) is 2.76. The van der Waals surface area contributed by atoms with Gasteiger partial charge in [-0.3, -0.25) is 0 Å². The summed E-state index contributed by atoms with van der Waals surface area (Å²) in [6.45, 7) is 0.255. The Balaban J connectivity index is 2.53. The highest BCUT2D eigenvalue weighted by atomic mass is 19.2. The van der Waals surface area contributed by atoms with Crippen molar-refractivity contribution in [3.63, 3.8) is 0 Å². The van der Waals surface area contributed by atoms with E-state index in [-0.39, 0.29) is 12.1 Å². The molecular weight excluding hydrogens is 258 g/mol. The lowest BCUT2D eigenvalue weighted by atomic mass is 10.0. The number of rotatable bonds is 3. The van der Waals surface area contributed by atoms with E-state index in [2.05, 4.69) is 5.32 Å². The standard InChI is InChI=1S/C14H11F4N/c1-19-7-9-4-8(2-3-11(9)15)10-5-13(17)14(18)6-12(10)16/h2-6,19H,7H2,1H3. The minimum Gasteiger partial charge on any atom is -0.316 e.